The van der Waals surface area contributed by atoms with Crippen molar-refractivity contribution in [2.24, 2.45) is 0 Å². The maximum atomic E-state index is 5.31. The molecule has 0 bridgehead atoms. The first-order chi connectivity index (χ1) is 4.33. The molecule has 0 fully saturated rings. The summed E-state index contributed by atoms with van der Waals surface area (Å²) in [6.07, 6.45) is 1.81. The molecule has 0 aliphatic carbocycles. The minimum atomic E-state index is 0.741. The van der Waals surface area contributed by atoms with E-state index >= 15 is 0 Å². The van der Waals surface area contributed by atoms with Gasteiger partial charge in [0, 0.05) is 6.20 Å². The molecule has 0 aromatic carbocycles. The van der Waals surface area contributed by atoms with Crippen molar-refractivity contribution in [3.8, 4) is 0 Å². The number of pyridine rings is 1. The molecule has 0 atom stereocenters. The zero-order chi connectivity index (χ0) is 6.69. The van der Waals surface area contributed by atoms with E-state index < -0.39 is 0 Å². The molecule has 1 aromatic heterocycles. The summed E-state index contributed by atoms with van der Waals surface area (Å²) < 4.78 is 0. The first-order valence-corrected chi connectivity index (χ1v) is 3.63. The van der Waals surface area contributed by atoms with E-state index in [1.165, 1.54) is 5.56 Å². The van der Waals surface area contributed by atoms with Crippen LogP contribution in [-0.2, 0) is 0 Å². The Balaban J connectivity index is 3.01. The van der Waals surface area contributed by atoms with Gasteiger partial charge in [-0.3, -0.25) is 4.98 Å². The fourth-order valence-electron chi connectivity index (χ4n) is 0.536. The van der Waals surface area contributed by atoms with Crippen molar-refractivity contribution >= 4 is 17.2 Å². The van der Waals surface area contributed by atoms with E-state index in [0.717, 1.165) is 16.4 Å². The van der Waals surface area contributed by atoms with Gasteiger partial charge in [0.05, 0.1) is 5.03 Å². The summed E-state index contributed by atoms with van der Waals surface area (Å²) in [5, 5.41) is 0.917. The Morgan fingerprint density at radius 2 is 2.33 bits per heavy atom. The molecule has 2 heteroatoms. The third-order valence-corrected chi connectivity index (χ3v) is 1.56. The minimum Gasteiger partial charge on any atom is -0.250 e. The van der Waals surface area contributed by atoms with Crippen molar-refractivity contribution < 1.29 is 0 Å². The van der Waals surface area contributed by atoms with Gasteiger partial charge in [-0.2, -0.15) is 11.4 Å². The molecule has 0 unspecified atom stereocenters. The standard InChI is InChI=1S/C7H8NS/c1-6-3-4-7(9-2)8-5-6/h2-5,9H,1H3. The topological polar surface area (TPSA) is 12.9 Å². The van der Waals surface area contributed by atoms with Gasteiger partial charge in [0.15, 0.2) is 0 Å². The Bertz CT molecular complexity index is 203. The van der Waals surface area contributed by atoms with Gasteiger partial charge in [0.2, 0.25) is 0 Å². The van der Waals surface area contributed by atoms with E-state index in [1.807, 2.05) is 25.3 Å². The van der Waals surface area contributed by atoms with Gasteiger partial charge in [0.25, 0.3) is 0 Å². The van der Waals surface area contributed by atoms with E-state index in [9.17, 15) is 0 Å². The second kappa shape index (κ2) is 2.78. The van der Waals surface area contributed by atoms with Crippen LogP contribution in [0, 0.1) is 6.92 Å². The molecule has 1 rings (SSSR count). The van der Waals surface area contributed by atoms with E-state index in [0.29, 0.717) is 0 Å². The zero-order valence-corrected chi connectivity index (χ0v) is 6.10. The largest absolute Gasteiger partial charge is 0.250 e. The normalized spacial score (nSPS) is 9.44. The number of aromatic nitrogens is 1. The van der Waals surface area contributed by atoms with Crippen LogP contribution in [0.15, 0.2) is 23.4 Å². The van der Waals surface area contributed by atoms with Crippen LogP contribution < -0.4 is 0 Å². The molecular formula is C7H8NS. The molecule has 0 spiro atoms. The van der Waals surface area contributed by atoms with E-state index in [-0.39, 0.29) is 0 Å². The van der Waals surface area contributed by atoms with E-state index in [4.69, 9.17) is 5.87 Å². The smallest absolute Gasteiger partial charge is 0.0878 e. The molecule has 1 heterocycles. The Hall–Kier alpha value is -0.630. The third-order valence-electron chi connectivity index (χ3n) is 1.03. The summed E-state index contributed by atoms with van der Waals surface area (Å²) in [6, 6.07) is 3.93. The highest BCUT2D eigenvalue weighted by Gasteiger charge is 1.83. The van der Waals surface area contributed by atoms with Crippen LogP contribution in [-0.4, -0.2) is 10.9 Å². The average molecular weight is 138 g/mol. The summed E-state index contributed by atoms with van der Waals surface area (Å²) >= 11 is 0.741. The molecule has 1 nitrogen and oxygen atoms in total. The van der Waals surface area contributed by atoms with Crippen LogP contribution in [0.4, 0.5) is 0 Å². The lowest BCUT2D eigenvalue weighted by Gasteiger charge is -1.90. The quantitative estimate of drug-likeness (QED) is 0.458. The van der Waals surface area contributed by atoms with Gasteiger partial charge >= 0.3 is 0 Å². The van der Waals surface area contributed by atoms with Gasteiger partial charge in [-0.05, 0) is 24.4 Å². The molecular weight excluding hydrogens is 130 g/mol. The summed E-state index contributed by atoms with van der Waals surface area (Å²) in [6.45, 7) is 2.00. The summed E-state index contributed by atoms with van der Waals surface area (Å²) in [7, 11) is 0. The zero-order valence-electron chi connectivity index (χ0n) is 5.20. The van der Waals surface area contributed by atoms with Crippen molar-refractivity contribution in [1.82, 2.24) is 4.98 Å². The minimum absolute atomic E-state index is 0.741. The second-order valence-electron chi connectivity index (χ2n) is 1.82. The Labute approximate surface area is 58.7 Å². The predicted octanol–water partition coefficient (Wildman–Crippen LogP) is 1.52. The maximum absolute atomic E-state index is 5.31. The first kappa shape index (κ1) is 6.49. The van der Waals surface area contributed by atoms with Gasteiger partial charge < -0.3 is 0 Å². The highest BCUT2D eigenvalue weighted by Crippen LogP contribution is 2.04. The second-order valence-corrected chi connectivity index (χ2v) is 2.54. The average Bonchev–Trinajstić information content (AvgIpc) is 1.90. The van der Waals surface area contributed by atoms with Crippen molar-refractivity contribution in [3.63, 3.8) is 0 Å². The van der Waals surface area contributed by atoms with Gasteiger partial charge in [-0.1, -0.05) is 6.07 Å². The fourth-order valence-corrected chi connectivity index (χ4v) is 0.821. The molecule has 0 amide bonds. The van der Waals surface area contributed by atoms with Gasteiger partial charge in [-0.15, -0.1) is 0 Å². The van der Waals surface area contributed by atoms with Gasteiger partial charge in [0.1, 0.15) is 0 Å². The Kier molecular flexibility index (Phi) is 2.01. The number of thiol groups is 1. The molecule has 1 radical (unpaired) electrons. The number of nitrogens with zero attached hydrogens (tertiary/aromatic N) is 1. The van der Waals surface area contributed by atoms with Crippen molar-refractivity contribution in [2.45, 2.75) is 11.9 Å². The fraction of sp³-hybridized carbons (Fsp3) is 0.143. The van der Waals surface area contributed by atoms with Crippen LogP contribution >= 0.6 is 11.4 Å². The number of hydrogen-bond donors (Lipinski definition) is 1. The molecule has 0 N–H and O–H groups in total. The lowest BCUT2D eigenvalue weighted by atomic mass is 10.3. The highest BCUT2D eigenvalue weighted by molar-refractivity contribution is 7.96. The van der Waals surface area contributed by atoms with E-state index in [2.05, 4.69) is 4.98 Å². The lowest BCUT2D eigenvalue weighted by molar-refractivity contribution is 1.12. The Morgan fingerprint density at radius 3 is 2.78 bits per heavy atom. The summed E-state index contributed by atoms with van der Waals surface area (Å²) in [5.74, 6) is 5.31. The Morgan fingerprint density at radius 1 is 1.56 bits per heavy atom. The maximum Gasteiger partial charge on any atom is 0.0878 e. The molecule has 0 saturated carbocycles. The van der Waals surface area contributed by atoms with Crippen molar-refractivity contribution in [3.05, 3.63) is 23.9 Å². The number of aryl methyl sites for hydroxylation is 1. The number of hydrogen-bond acceptors (Lipinski definition) is 1. The molecule has 0 saturated heterocycles. The van der Waals surface area contributed by atoms with Crippen LogP contribution in [0.25, 0.3) is 0 Å². The van der Waals surface area contributed by atoms with Crippen LogP contribution in [0.2, 0.25) is 0 Å². The van der Waals surface area contributed by atoms with Crippen LogP contribution in [0.1, 0.15) is 5.56 Å². The van der Waals surface area contributed by atoms with E-state index in [1.54, 1.807) is 0 Å². The highest BCUT2D eigenvalue weighted by atomic mass is 32.1. The molecule has 9 heavy (non-hydrogen) atoms. The number of rotatable bonds is 1. The predicted molar refractivity (Wildman–Crippen MR) is 42.3 cm³/mol. The van der Waals surface area contributed by atoms with Crippen molar-refractivity contribution in [2.75, 3.05) is 0 Å². The molecule has 0 aliphatic heterocycles. The van der Waals surface area contributed by atoms with Crippen LogP contribution in [0.5, 0.6) is 0 Å². The molecule has 0 aliphatic rings. The van der Waals surface area contributed by atoms with Crippen molar-refractivity contribution in [1.29, 1.82) is 0 Å². The first-order valence-electron chi connectivity index (χ1n) is 2.66. The van der Waals surface area contributed by atoms with Crippen LogP contribution in [0.3, 0.4) is 0 Å². The molecule has 47 valence electrons. The SMILES string of the molecule is [CH]=[SH]c1ccc(C)cn1. The third kappa shape index (κ3) is 1.64. The molecule has 1 aromatic rings. The summed E-state index contributed by atoms with van der Waals surface area (Å²) in [4.78, 5) is 4.06. The van der Waals surface area contributed by atoms with Gasteiger partial charge in [-0.25, -0.2) is 0 Å². The summed E-state index contributed by atoms with van der Waals surface area (Å²) in [5.41, 5.74) is 1.17. The lowest BCUT2D eigenvalue weighted by Crippen LogP contribution is -1.76. The monoisotopic (exact) mass is 138 g/mol.